The number of hydrogen-bond donors (Lipinski definition) is 0. The lowest BCUT2D eigenvalue weighted by Gasteiger charge is -2.35. The van der Waals surface area contributed by atoms with Crippen LogP contribution in [0.25, 0.3) is 0 Å². The number of amides is 1. The van der Waals surface area contributed by atoms with Crippen LogP contribution in [0.15, 0.2) is 24.3 Å². The van der Waals surface area contributed by atoms with Gasteiger partial charge in [-0.1, -0.05) is 43.5 Å². The van der Waals surface area contributed by atoms with Crippen LogP contribution in [0.2, 0.25) is 0 Å². The molecule has 0 aromatic heterocycles. The highest BCUT2D eigenvalue weighted by atomic mass is 16.5. The van der Waals surface area contributed by atoms with Crippen molar-refractivity contribution >= 4 is 5.91 Å². The van der Waals surface area contributed by atoms with Crippen molar-refractivity contribution in [3.8, 4) is 0 Å². The van der Waals surface area contributed by atoms with E-state index in [-0.39, 0.29) is 0 Å². The lowest BCUT2D eigenvalue weighted by atomic mass is 9.86. The normalized spacial score (nSPS) is 19.3. The zero-order valence-corrected chi connectivity index (χ0v) is 17.9. The van der Waals surface area contributed by atoms with E-state index in [1.807, 2.05) is 0 Å². The fraction of sp³-hybridized carbons (Fsp3) is 0.708. The number of nitrogens with zero attached hydrogens (tertiary/aromatic N) is 2. The fourth-order valence-electron chi connectivity index (χ4n) is 4.72. The summed E-state index contributed by atoms with van der Waals surface area (Å²) >= 11 is 0. The highest BCUT2D eigenvalue weighted by molar-refractivity contribution is 5.79. The highest BCUT2D eigenvalue weighted by Crippen LogP contribution is 2.28. The van der Waals surface area contributed by atoms with Gasteiger partial charge >= 0.3 is 0 Å². The second-order valence-electron chi connectivity index (χ2n) is 8.85. The summed E-state index contributed by atoms with van der Waals surface area (Å²) in [6, 6.07) is 9.11. The smallest absolute Gasteiger partial charge is 0.225 e. The van der Waals surface area contributed by atoms with Crippen molar-refractivity contribution in [3.05, 3.63) is 35.4 Å². The van der Waals surface area contributed by atoms with Gasteiger partial charge in [-0.3, -0.25) is 9.69 Å². The van der Waals surface area contributed by atoms with Crippen molar-refractivity contribution in [3.63, 3.8) is 0 Å². The fourth-order valence-corrected chi connectivity index (χ4v) is 4.72. The third kappa shape index (κ3) is 6.31. The van der Waals surface area contributed by atoms with Gasteiger partial charge in [0.15, 0.2) is 0 Å². The molecular formula is C24H38N2O2. The topological polar surface area (TPSA) is 32.8 Å². The summed E-state index contributed by atoms with van der Waals surface area (Å²) in [5.41, 5.74) is 2.79. The molecule has 1 aliphatic heterocycles. The summed E-state index contributed by atoms with van der Waals surface area (Å²) in [6.07, 6.45) is 9.48. The average Bonchev–Trinajstić information content (AvgIpc) is 2.74. The van der Waals surface area contributed by atoms with E-state index in [4.69, 9.17) is 4.74 Å². The van der Waals surface area contributed by atoms with E-state index in [1.165, 1.54) is 30.4 Å². The van der Waals surface area contributed by atoms with Gasteiger partial charge < -0.3 is 9.64 Å². The number of hydrogen-bond acceptors (Lipinski definition) is 3. The van der Waals surface area contributed by atoms with Crippen molar-refractivity contribution in [1.29, 1.82) is 0 Å². The molecule has 0 spiro atoms. The summed E-state index contributed by atoms with van der Waals surface area (Å²) in [4.78, 5) is 17.2. The monoisotopic (exact) mass is 386 g/mol. The number of likely N-dealkylation sites (tertiary alicyclic amines) is 1. The largest absolute Gasteiger partial charge is 0.383 e. The summed E-state index contributed by atoms with van der Waals surface area (Å²) < 4.78 is 5.14. The van der Waals surface area contributed by atoms with Crippen LogP contribution < -0.4 is 0 Å². The molecule has 0 radical (unpaired) electrons. The zero-order chi connectivity index (χ0) is 19.8. The first-order chi connectivity index (χ1) is 13.7. The molecule has 1 amide bonds. The van der Waals surface area contributed by atoms with Crippen molar-refractivity contribution in [2.24, 2.45) is 11.8 Å². The predicted molar refractivity (Wildman–Crippen MR) is 114 cm³/mol. The van der Waals surface area contributed by atoms with Gasteiger partial charge in [0.2, 0.25) is 5.91 Å². The standard InChI is InChI=1S/C24H38N2O2/c1-25(16-17-28-2)19-22-10-8-20(9-11-22)18-21-12-14-26(15-13-21)24(27)23-6-4-3-5-7-23/h8-11,21,23H,3-7,12-19H2,1-2H3. The number of carbonyl (C=O) groups is 1. The van der Waals surface area contributed by atoms with E-state index in [9.17, 15) is 4.79 Å². The molecule has 4 heteroatoms. The van der Waals surface area contributed by atoms with Gasteiger partial charge in [0.1, 0.15) is 0 Å². The Bertz CT molecular complexity index is 587. The molecule has 0 unspecified atom stereocenters. The molecule has 0 bridgehead atoms. The molecular weight excluding hydrogens is 348 g/mol. The molecule has 3 rings (SSSR count). The van der Waals surface area contributed by atoms with E-state index < -0.39 is 0 Å². The van der Waals surface area contributed by atoms with Crippen LogP contribution in [0.1, 0.15) is 56.1 Å². The van der Waals surface area contributed by atoms with Gasteiger partial charge in [0, 0.05) is 39.2 Å². The second kappa shape index (κ2) is 11.0. The Morgan fingerprint density at radius 1 is 1.04 bits per heavy atom. The summed E-state index contributed by atoms with van der Waals surface area (Å²) in [5.74, 6) is 1.48. The van der Waals surface area contributed by atoms with Crippen LogP contribution >= 0.6 is 0 Å². The Hall–Kier alpha value is -1.39. The van der Waals surface area contributed by atoms with Crippen molar-refractivity contribution < 1.29 is 9.53 Å². The van der Waals surface area contributed by atoms with E-state index >= 15 is 0 Å². The van der Waals surface area contributed by atoms with Crippen LogP contribution in [0.4, 0.5) is 0 Å². The van der Waals surface area contributed by atoms with Gasteiger partial charge in [-0.15, -0.1) is 0 Å². The van der Waals surface area contributed by atoms with Crippen molar-refractivity contribution in [1.82, 2.24) is 9.80 Å². The molecule has 28 heavy (non-hydrogen) atoms. The lowest BCUT2D eigenvalue weighted by Crippen LogP contribution is -2.42. The summed E-state index contributed by atoms with van der Waals surface area (Å²) in [7, 11) is 3.88. The molecule has 1 saturated heterocycles. The third-order valence-corrected chi connectivity index (χ3v) is 6.56. The van der Waals surface area contributed by atoms with E-state index in [1.54, 1.807) is 7.11 Å². The van der Waals surface area contributed by atoms with Gasteiger partial charge in [0.05, 0.1) is 6.61 Å². The molecule has 2 aliphatic rings. The average molecular weight is 387 g/mol. The Morgan fingerprint density at radius 3 is 2.32 bits per heavy atom. The minimum atomic E-state index is 0.319. The molecule has 0 atom stereocenters. The number of benzene rings is 1. The zero-order valence-electron chi connectivity index (χ0n) is 17.9. The Balaban J connectivity index is 1.41. The van der Waals surface area contributed by atoms with Crippen LogP contribution in [0, 0.1) is 11.8 Å². The maximum absolute atomic E-state index is 12.7. The number of carbonyl (C=O) groups excluding carboxylic acids is 1. The first-order valence-electron chi connectivity index (χ1n) is 11.2. The minimum absolute atomic E-state index is 0.319. The van der Waals surface area contributed by atoms with Gasteiger partial charge in [-0.25, -0.2) is 0 Å². The SMILES string of the molecule is COCCN(C)Cc1ccc(CC2CCN(C(=O)C3CCCCC3)CC2)cc1. The molecule has 1 heterocycles. The third-order valence-electron chi connectivity index (χ3n) is 6.56. The van der Waals surface area contributed by atoms with Crippen LogP contribution in [0.5, 0.6) is 0 Å². The minimum Gasteiger partial charge on any atom is -0.383 e. The summed E-state index contributed by atoms with van der Waals surface area (Å²) in [5, 5.41) is 0. The number of methoxy groups -OCH3 is 1. The van der Waals surface area contributed by atoms with E-state index in [2.05, 4.69) is 41.1 Å². The predicted octanol–water partition coefficient (Wildman–Crippen LogP) is 4.13. The molecule has 156 valence electrons. The molecule has 1 aromatic rings. The number of likely N-dealkylation sites (N-methyl/N-ethyl adjacent to an activating group) is 1. The summed E-state index contributed by atoms with van der Waals surface area (Å²) in [6.45, 7) is 4.61. The van der Waals surface area contributed by atoms with Crippen molar-refractivity contribution in [2.45, 2.75) is 57.9 Å². The Kier molecular flexibility index (Phi) is 8.35. The van der Waals surface area contributed by atoms with Crippen LogP contribution in [-0.4, -0.2) is 56.1 Å². The van der Waals surface area contributed by atoms with Gasteiger partial charge in [-0.2, -0.15) is 0 Å². The first-order valence-corrected chi connectivity index (χ1v) is 11.2. The highest BCUT2D eigenvalue weighted by Gasteiger charge is 2.29. The number of piperidine rings is 1. The van der Waals surface area contributed by atoms with Gasteiger partial charge in [0.25, 0.3) is 0 Å². The van der Waals surface area contributed by atoms with Crippen molar-refractivity contribution in [2.75, 3.05) is 40.4 Å². The quantitative estimate of drug-likeness (QED) is 0.673. The molecule has 1 aliphatic carbocycles. The molecule has 1 saturated carbocycles. The lowest BCUT2D eigenvalue weighted by molar-refractivity contribution is -0.138. The maximum Gasteiger partial charge on any atom is 0.225 e. The molecule has 2 fully saturated rings. The van der Waals surface area contributed by atoms with Crippen LogP contribution in [-0.2, 0) is 22.5 Å². The van der Waals surface area contributed by atoms with Gasteiger partial charge in [-0.05, 0) is 56.2 Å². The second-order valence-corrected chi connectivity index (χ2v) is 8.85. The first kappa shape index (κ1) is 21.3. The Morgan fingerprint density at radius 2 is 1.68 bits per heavy atom. The number of rotatable bonds is 8. The molecule has 1 aromatic carbocycles. The number of ether oxygens (including phenoxy) is 1. The molecule has 0 N–H and O–H groups in total. The molecule has 4 nitrogen and oxygen atoms in total. The maximum atomic E-state index is 12.7. The van der Waals surface area contributed by atoms with Crippen LogP contribution in [0.3, 0.4) is 0 Å². The Labute approximate surface area is 171 Å². The van der Waals surface area contributed by atoms with E-state index in [0.717, 1.165) is 64.9 Å². The van der Waals surface area contributed by atoms with E-state index in [0.29, 0.717) is 17.7 Å².